The van der Waals surface area contributed by atoms with Gasteiger partial charge in [0.15, 0.2) is 0 Å². The molecular formula is C14H26. The van der Waals surface area contributed by atoms with Crippen LogP contribution in [-0.2, 0) is 0 Å². The lowest BCUT2D eigenvalue weighted by atomic mass is 9.54. The first-order chi connectivity index (χ1) is 6.51. The fraction of sp³-hybridized carbons (Fsp3) is 1.00. The Morgan fingerprint density at radius 1 is 1.00 bits per heavy atom. The zero-order valence-electron chi connectivity index (χ0n) is 10.3. The Morgan fingerprint density at radius 3 is 2.43 bits per heavy atom. The van der Waals surface area contributed by atoms with E-state index in [9.17, 15) is 0 Å². The molecule has 2 rings (SSSR count). The predicted octanol–water partition coefficient (Wildman–Crippen LogP) is 4.49. The molecule has 0 aromatic heterocycles. The molecule has 0 heteroatoms. The van der Waals surface area contributed by atoms with Crippen LogP contribution in [0.15, 0.2) is 0 Å². The number of fused-ring (bicyclic) bond motifs is 1. The molecule has 0 amide bonds. The second-order valence-corrected chi connectivity index (χ2v) is 6.62. The molecule has 5 atom stereocenters. The molecule has 0 bridgehead atoms. The van der Waals surface area contributed by atoms with E-state index in [1.165, 1.54) is 32.1 Å². The van der Waals surface area contributed by atoms with Gasteiger partial charge in [-0.05, 0) is 54.8 Å². The molecule has 0 radical (unpaired) electrons. The molecule has 2 fully saturated rings. The minimum atomic E-state index is 0.707. The normalized spacial score (nSPS) is 54.0. The average molecular weight is 194 g/mol. The number of rotatable bonds is 0. The molecule has 0 N–H and O–H groups in total. The van der Waals surface area contributed by atoms with Crippen LogP contribution in [0.25, 0.3) is 0 Å². The molecule has 14 heavy (non-hydrogen) atoms. The zero-order chi connectivity index (χ0) is 10.3. The SMILES string of the molecule is CC1CC2C[C@H](C)CCC2(C)CC1C. The lowest BCUT2D eigenvalue weighted by Crippen LogP contribution is -2.41. The van der Waals surface area contributed by atoms with Crippen LogP contribution >= 0.6 is 0 Å². The Bertz CT molecular complexity index is 208. The van der Waals surface area contributed by atoms with E-state index >= 15 is 0 Å². The van der Waals surface area contributed by atoms with Crippen molar-refractivity contribution in [1.82, 2.24) is 0 Å². The van der Waals surface area contributed by atoms with Gasteiger partial charge in [-0.2, -0.15) is 0 Å². The van der Waals surface area contributed by atoms with Gasteiger partial charge in [-0.15, -0.1) is 0 Å². The van der Waals surface area contributed by atoms with E-state index in [2.05, 4.69) is 27.7 Å². The summed E-state index contributed by atoms with van der Waals surface area (Å²) in [5, 5.41) is 0. The van der Waals surface area contributed by atoms with Crippen molar-refractivity contribution in [3.8, 4) is 0 Å². The largest absolute Gasteiger partial charge is 0.0625 e. The van der Waals surface area contributed by atoms with Gasteiger partial charge in [0, 0.05) is 0 Å². The van der Waals surface area contributed by atoms with Crippen molar-refractivity contribution in [3.63, 3.8) is 0 Å². The van der Waals surface area contributed by atoms with Gasteiger partial charge in [-0.3, -0.25) is 0 Å². The molecule has 0 aromatic carbocycles. The van der Waals surface area contributed by atoms with Gasteiger partial charge in [0.25, 0.3) is 0 Å². The van der Waals surface area contributed by atoms with E-state index in [1.807, 2.05) is 0 Å². The molecule has 0 nitrogen and oxygen atoms in total. The van der Waals surface area contributed by atoms with Crippen LogP contribution in [0.1, 0.15) is 59.8 Å². The van der Waals surface area contributed by atoms with Crippen molar-refractivity contribution in [2.75, 3.05) is 0 Å². The summed E-state index contributed by atoms with van der Waals surface area (Å²) in [6.07, 6.45) is 7.48. The van der Waals surface area contributed by atoms with Crippen molar-refractivity contribution >= 4 is 0 Å². The van der Waals surface area contributed by atoms with Crippen LogP contribution in [0.2, 0.25) is 0 Å². The van der Waals surface area contributed by atoms with E-state index in [0.717, 1.165) is 23.7 Å². The maximum atomic E-state index is 2.56. The van der Waals surface area contributed by atoms with E-state index in [4.69, 9.17) is 0 Å². The second-order valence-electron chi connectivity index (χ2n) is 6.62. The fourth-order valence-corrected chi connectivity index (χ4v) is 3.94. The first-order valence-electron chi connectivity index (χ1n) is 6.51. The van der Waals surface area contributed by atoms with Gasteiger partial charge in [0.05, 0.1) is 0 Å². The van der Waals surface area contributed by atoms with E-state index in [-0.39, 0.29) is 0 Å². The molecule has 2 saturated carbocycles. The Kier molecular flexibility index (Phi) is 2.66. The van der Waals surface area contributed by atoms with Gasteiger partial charge < -0.3 is 0 Å². The molecule has 2 aliphatic rings. The lowest BCUT2D eigenvalue weighted by molar-refractivity contribution is -0.00643. The van der Waals surface area contributed by atoms with Crippen LogP contribution in [0.4, 0.5) is 0 Å². The molecule has 0 saturated heterocycles. The van der Waals surface area contributed by atoms with E-state index in [1.54, 1.807) is 0 Å². The number of hydrogen-bond acceptors (Lipinski definition) is 0. The third-order valence-corrected chi connectivity index (χ3v) is 5.30. The molecule has 82 valence electrons. The van der Waals surface area contributed by atoms with Gasteiger partial charge in [-0.1, -0.05) is 34.1 Å². The molecule has 0 aliphatic heterocycles. The van der Waals surface area contributed by atoms with Crippen molar-refractivity contribution in [3.05, 3.63) is 0 Å². The second kappa shape index (κ2) is 3.54. The smallest absolute Gasteiger partial charge is 0.0295 e. The van der Waals surface area contributed by atoms with Crippen molar-refractivity contribution in [2.24, 2.45) is 29.1 Å². The standard InChI is InChI=1S/C14H26/c1-10-5-6-14(4)9-12(3)11(2)8-13(14)7-10/h10-13H,5-9H2,1-4H3/t10-,11?,12?,13?,14?/m1/s1. The summed E-state index contributed by atoms with van der Waals surface area (Å²) in [6, 6.07) is 0. The van der Waals surface area contributed by atoms with Crippen molar-refractivity contribution in [2.45, 2.75) is 59.8 Å². The highest BCUT2D eigenvalue weighted by Crippen LogP contribution is 2.54. The quantitative estimate of drug-likeness (QED) is 0.533. The Morgan fingerprint density at radius 2 is 1.71 bits per heavy atom. The van der Waals surface area contributed by atoms with Gasteiger partial charge >= 0.3 is 0 Å². The van der Waals surface area contributed by atoms with E-state index < -0.39 is 0 Å². The summed E-state index contributed by atoms with van der Waals surface area (Å²) >= 11 is 0. The monoisotopic (exact) mass is 194 g/mol. The minimum absolute atomic E-state index is 0.707. The highest BCUT2D eigenvalue weighted by Gasteiger charge is 2.44. The molecule has 0 heterocycles. The predicted molar refractivity (Wildman–Crippen MR) is 62.2 cm³/mol. The summed E-state index contributed by atoms with van der Waals surface area (Å²) in [5.41, 5.74) is 0.707. The third kappa shape index (κ3) is 1.73. The number of hydrogen-bond donors (Lipinski definition) is 0. The first-order valence-corrected chi connectivity index (χ1v) is 6.51. The van der Waals surface area contributed by atoms with Crippen LogP contribution in [-0.4, -0.2) is 0 Å². The van der Waals surface area contributed by atoms with Gasteiger partial charge in [-0.25, -0.2) is 0 Å². The summed E-state index contributed by atoms with van der Waals surface area (Å²) < 4.78 is 0. The van der Waals surface area contributed by atoms with Crippen LogP contribution < -0.4 is 0 Å². The highest BCUT2D eigenvalue weighted by atomic mass is 14.5. The molecule has 2 aliphatic carbocycles. The summed E-state index contributed by atoms with van der Waals surface area (Å²) in [5.74, 6) is 3.97. The lowest BCUT2D eigenvalue weighted by Gasteiger charge is -2.51. The molecule has 4 unspecified atom stereocenters. The zero-order valence-corrected chi connectivity index (χ0v) is 10.3. The Balaban J connectivity index is 2.10. The highest BCUT2D eigenvalue weighted by molar-refractivity contribution is 4.94. The first kappa shape index (κ1) is 10.5. The maximum absolute atomic E-state index is 2.56. The van der Waals surface area contributed by atoms with Crippen LogP contribution in [0.5, 0.6) is 0 Å². The summed E-state index contributed by atoms with van der Waals surface area (Å²) in [4.78, 5) is 0. The topological polar surface area (TPSA) is 0 Å². The third-order valence-electron chi connectivity index (χ3n) is 5.30. The Labute approximate surface area is 89.5 Å². The van der Waals surface area contributed by atoms with Gasteiger partial charge in [0.2, 0.25) is 0 Å². The summed E-state index contributed by atoms with van der Waals surface area (Å²) in [7, 11) is 0. The molecular weight excluding hydrogens is 168 g/mol. The van der Waals surface area contributed by atoms with Crippen molar-refractivity contribution in [1.29, 1.82) is 0 Å². The Hall–Kier alpha value is 0. The van der Waals surface area contributed by atoms with E-state index in [0.29, 0.717) is 5.41 Å². The minimum Gasteiger partial charge on any atom is -0.0625 e. The molecule has 0 spiro atoms. The summed E-state index contributed by atoms with van der Waals surface area (Å²) in [6.45, 7) is 9.93. The fourth-order valence-electron chi connectivity index (χ4n) is 3.94. The average Bonchev–Trinajstić information content (AvgIpc) is 2.10. The van der Waals surface area contributed by atoms with Crippen molar-refractivity contribution < 1.29 is 0 Å². The van der Waals surface area contributed by atoms with Crippen LogP contribution in [0.3, 0.4) is 0 Å². The molecule has 0 aromatic rings. The van der Waals surface area contributed by atoms with Crippen LogP contribution in [0, 0.1) is 29.1 Å². The maximum Gasteiger partial charge on any atom is -0.0295 e. The van der Waals surface area contributed by atoms with Gasteiger partial charge in [0.1, 0.15) is 0 Å².